The van der Waals surface area contributed by atoms with Gasteiger partial charge in [-0.25, -0.2) is 13.2 Å². The van der Waals surface area contributed by atoms with E-state index in [0.29, 0.717) is 48.9 Å². The fraction of sp³-hybridized carbons (Fsp3) is 0.364. The Morgan fingerprint density at radius 1 is 1.25 bits per heavy atom. The minimum atomic E-state index is -3.29. The van der Waals surface area contributed by atoms with Gasteiger partial charge in [-0.1, -0.05) is 11.6 Å². The van der Waals surface area contributed by atoms with E-state index in [1.54, 1.807) is 24.3 Å². The second kappa shape index (κ2) is 10.2. The molecule has 1 saturated heterocycles. The molecule has 8 nitrogen and oxygen atoms in total. The van der Waals surface area contributed by atoms with Crippen LogP contribution in [0.5, 0.6) is 5.75 Å². The molecule has 1 aliphatic heterocycles. The molecule has 10 heteroatoms. The molecular formula is C22H24ClN3O5S. The quantitative estimate of drug-likeness (QED) is 0.652. The minimum Gasteiger partial charge on any atom is -0.491 e. The first-order valence-corrected chi connectivity index (χ1v) is 12.3. The van der Waals surface area contributed by atoms with E-state index < -0.39 is 15.9 Å². The normalized spacial score (nSPS) is 17.0. The molecule has 0 aliphatic carbocycles. The lowest BCUT2D eigenvalue weighted by Gasteiger charge is -2.39. The Labute approximate surface area is 192 Å². The molecule has 1 unspecified atom stereocenters. The van der Waals surface area contributed by atoms with Gasteiger partial charge in [0.1, 0.15) is 12.4 Å². The van der Waals surface area contributed by atoms with Gasteiger partial charge in [-0.05, 0) is 54.4 Å². The Hall–Kier alpha value is -2.80. The van der Waals surface area contributed by atoms with Crippen LogP contribution in [0.3, 0.4) is 0 Å². The van der Waals surface area contributed by atoms with E-state index >= 15 is 0 Å². The highest BCUT2D eigenvalue weighted by atomic mass is 35.5. The predicted octanol–water partition coefficient (Wildman–Crippen LogP) is 2.90. The Kier molecular flexibility index (Phi) is 7.61. The van der Waals surface area contributed by atoms with Crippen LogP contribution in [0.15, 0.2) is 47.4 Å². The van der Waals surface area contributed by atoms with E-state index in [-0.39, 0.29) is 17.5 Å². The molecule has 32 heavy (non-hydrogen) atoms. The van der Waals surface area contributed by atoms with Crippen molar-refractivity contribution in [2.24, 2.45) is 0 Å². The van der Waals surface area contributed by atoms with Crippen molar-refractivity contribution >= 4 is 27.5 Å². The summed E-state index contributed by atoms with van der Waals surface area (Å²) in [5, 5.41) is 19.2. The summed E-state index contributed by atoms with van der Waals surface area (Å²) < 4.78 is 28.9. The van der Waals surface area contributed by atoms with E-state index in [1.165, 1.54) is 17.0 Å². The number of nitrogens with zero attached hydrogens (tertiary/aromatic N) is 3. The van der Waals surface area contributed by atoms with Crippen LogP contribution in [0.4, 0.5) is 4.79 Å². The van der Waals surface area contributed by atoms with Crippen LogP contribution in [0.1, 0.15) is 11.1 Å². The third-order valence-corrected chi connectivity index (χ3v) is 6.66. The molecule has 2 aromatic carbocycles. The van der Waals surface area contributed by atoms with Gasteiger partial charge in [0.25, 0.3) is 0 Å². The number of ether oxygens (including phenoxy) is 1. The van der Waals surface area contributed by atoms with Crippen LogP contribution in [0.25, 0.3) is 0 Å². The topological polar surface area (TPSA) is 111 Å². The van der Waals surface area contributed by atoms with Crippen LogP contribution in [0.2, 0.25) is 5.02 Å². The fourth-order valence-corrected chi connectivity index (χ4v) is 4.53. The van der Waals surface area contributed by atoms with Crippen molar-refractivity contribution in [1.82, 2.24) is 9.80 Å². The van der Waals surface area contributed by atoms with Gasteiger partial charge in [0, 0.05) is 37.5 Å². The summed E-state index contributed by atoms with van der Waals surface area (Å²) in [6, 6.07) is 13.0. The van der Waals surface area contributed by atoms with Gasteiger partial charge < -0.3 is 9.84 Å². The van der Waals surface area contributed by atoms with Gasteiger partial charge in [-0.15, -0.1) is 0 Å². The Morgan fingerprint density at radius 2 is 1.97 bits per heavy atom. The maximum absolute atomic E-state index is 11.7. The summed E-state index contributed by atoms with van der Waals surface area (Å²) in [6.07, 6.45) is 0.816. The zero-order chi connectivity index (χ0) is 23.3. The summed E-state index contributed by atoms with van der Waals surface area (Å²) in [4.78, 5) is 15.4. The van der Waals surface area contributed by atoms with Crippen LogP contribution in [-0.2, 0) is 16.3 Å². The lowest BCUT2D eigenvalue weighted by Crippen LogP contribution is -2.57. The van der Waals surface area contributed by atoms with Crippen LogP contribution in [-0.4, -0.2) is 74.5 Å². The van der Waals surface area contributed by atoms with Crippen molar-refractivity contribution < 1.29 is 23.1 Å². The summed E-state index contributed by atoms with van der Waals surface area (Å²) in [6.45, 7) is 2.29. The van der Waals surface area contributed by atoms with Gasteiger partial charge in [0.15, 0.2) is 9.84 Å². The number of benzene rings is 2. The van der Waals surface area contributed by atoms with E-state index in [2.05, 4.69) is 11.0 Å². The summed E-state index contributed by atoms with van der Waals surface area (Å²) in [5.41, 5.74) is 1.46. The average Bonchev–Trinajstić information content (AvgIpc) is 2.75. The lowest BCUT2D eigenvalue weighted by molar-refractivity contribution is 0.0469. The first-order valence-electron chi connectivity index (χ1n) is 10.00. The minimum absolute atomic E-state index is 0.150. The van der Waals surface area contributed by atoms with Crippen LogP contribution in [0, 0.1) is 11.3 Å². The van der Waals surface area contributed by atoms with E-state index in [9.17, 15) is 18.3 Å². The van der Waals surface area contributed by atoms with Crippen molar-refractivity contribution in [1.29, 1.82) is 5.26 Å². The van der Waals surface area contributed by atoms with E-state index in [1.807, 2.05) is 6.07 Å². The molecule has 1 amide bonds. The molecule has 0 radical (unpaired) electrons. The van der Waals surface area contributed by atoms with Crippen molar-refractivity contribution in [3.05, 3.63) is 58.6 Å². The number of rotatable bonds is 7. The molecule has 0 bridgehead atoms. The maximum Gasteiger partial charge on any atom is 0.407 e. The third kappa shape index (κ3) is 6.36. The zero-order valence-corrected chi connectivity index (χ0v) is 19.1. The number of carbonyl (C=O) groups is 1. The molecule has 0 aromatic heterocycles. The van der Waals surface area contributed by atoms with E-state index in [0.717, 1.165) is 11.8 Å². The molecule has 0 spiro atoms. The monoisotopic (exact) mass is 477 g/mol. The van der Waals surface area contributed by atoms with Crippen LogP contribution < -0.4 is 4.74 Å². The van der Waals surface area contributed by atoms with Gasteiger partial charge in [0.2, 0.25) is 0 Å². The molecule has 0 saturated carbocycles. The number of sulfone groups is 1. The molecule has 170 valence electrons. The Bertz CT molecular complexity index is 1120. The smallest absolute Gasteiger partial charge is 0.407 e. The highest BCUT2D eigenvalue weighted by Crippen LogP contribution is 2.19. The maximum atomic E-state index is 11.7. The average molecular weight is 478 g/mol. The third-order valence-electron chi connectivity index (χ3n) is 5.31. The summed E-state index contributed by atoms with van der Waals surface area (Å²) in [5.74, 6) is 0.475. The predicted molar refractivity (Wildman–Crippen MR) is 120 cm³/mol. The number of carboxylic acid groups (broad SMARTS) is 1. The second-order valence-electron chi connectivity index (χ2n) is 7.69. The molecule has 1 fully saturated rings. The standard InChI is InChI=1S/C22H24ClN3O5S/c1-32(29,30)21-4-2-20(3-5-21)31-15-19-14-25(8-9-26(19)22(27)28)7-6-16-10-17(13-24)12-18(23)11-16/h2-5,10-12,19H,6-9,14-15H2,1H3,(H,27,28). The van der Waals surface area contributed by atoms with Crippen molar-refractivity contribution in [3.8, 4) is 11.8 Å². The van der Waals surface area contributed by atoms with Gasteiger partial charge >= 0.3 is 6.09 Å². The summed E-state index contributed by atoms with van der Waals surface area (Å²) in [7, 11) is -3.29. The highest BCUT2D eigenvalue weighted by molar-refractivity contribution is 7.90. The van der Waals surface area contributed by atoms with Gasteiger partial charge in [0.05, 0.1) is 22.6 Å². The highest BCUT2D eigenvalue weighted by Gasteiger charge is 2.30. The first kappa shape index (κ1) is 23.9. The second-order valence-corrected chi connectivity index (χ2v) is 10.1. The number of amides is 1. The van der Waals surface area contributed by atoms with Crippen molar-refractivity contribution in [3.63, 3.8) is 0 Å². The Balaban J connectivity index is 1.61. The van der Waals surface area contributed by atoms with Gasteiger partial charge in [-0.3, -0.25) is 9.80 Å². The molecule has 1 atom stereocenters. The zero-order valence-electron chi connectivity index (χ0n) is 17.6. The molecule has 3 rings (SSSR count). The lowest BCUT2D eigenvalue weighted by atomic mass is 10.1. The van der Waals surface area contributed by atoms with E-state index in [4.69, 9.17) is 21.6 Å². The molecule has 1 N–H and O–H groups in total. The number of hydrogen-bond acceptors (Lipinski definition) is 6. The molecular weight excluding hydrogens is 454 g/mol. The molecule has 1 heterocycles. The summed E-state index contributed by atoms with van der Waals surface area (Å²) >= 11 is 6.07. The number of nitriles is 1. The molecule has 1 aliphatic rings. The van der Waals surface area contributed by atoms with Crippen molar-refractivity contribution in [2.75, 3.05) is 39.0 Å². The first-order chi connectivity index (χ1) is 15.2. The van der Waals surface area contributed by atoms with Crippen LogP contribution >= 0.6 is 11.6 Å². The molecule has 2 aromatic rings. The fourth-order valence-electron chi connectivity index (χ4n) is 3.64. The number of hydrogen-bond donors (Lipinski definition) is 1. The number of halogens is 1. The Morgan fingerprint density at radius 3 is 2.59 bits per heavy atom. The largest absolute Gasteiger partial charge is 0.491 e. The van der Waals surface area contributed by atoms with Crippen molar-refractivity contribution in [2.45, 2.75) is 17.4 Å². The number of piperazine rings is 1. The SMILES string of the molecule is CS(=O)(=O)c1ccc(OCC2CN(CCc3cc(Cl)cc(C#N)c3)CCN2C(=O)O)cc1. The van der Waals surface area contributed by atoms with Gasteiger partial charge in [-0.2, -0.15) is 5.26 Å².